The van der Waals surface area contributed by atoms with Crippen LogP contribution in [0.3, 0.4) is 0 Å². The average Bonchev–Trinajstić information content (AvgIpc) is 2.37. The highest BCUT2D eigenvalue weighted by Crippen LogP contribution is 2.05. The number of amides is 1. The van der Waals surface area contributed by atoms with Crippen LogP contribution in [0.5, 0.6) is 0 Å². The lowest BCUT2D eigenvalue weighted by Crippen LogP contribution is -2.42. The smallest absolute Gasteiger partial charge is 0.407 e. The van der Waals surface area contributed by atoms with Gasteiger partial charge in [-0.1, -0.05) is 0 Å². The molecule has 0 aliphatic carbocycles. The molecule has 0 radical (unpaired) electrons. The van der Waals surface area contributed by atoms with Crippen molar-refractivity contribution in [2.24, 2.45) is 4.99 Å². The topological polar surface area (TPSA) is 84.0 Å². The van der Waals surface area contributed by atoms with E-state index in [-0.39, 0.29) is 24.0 Å². The molecule has 0 aliphatic rings. The summed E-state index contributed by atoms with van der Waals surface area (Å²) < 4.78 is 10.1. The van der Waals surface area contributed by atoms with Crippen molar-refractivity contribution < 1.29 is 14.3 Å². The highest BCUT2D eigenvalue weighted by molar-refractivity contribution is 14.0. The molecular formula is C14H31IN4O3. The number of rotatable bonds is 8. The predicted molar refractivity (Wildman–Crippen MR) is 100 cm³/mol. The Morgan fingerprint density at radius 1 is 1.14 bits per heavy atom. The Labute approximate surface area is 151 Å². The highest BCUT2D eigenvalue weighted by Gasteiger charge is 2.15. The third-order valence-electron chi connectivity index (χ3n) is 2.21. The summed E-state index contributed by atoms with van der Waals surface area (Å²) in [5.41, 5.74) is -0.477. The maximum Gasteiger partial charge on any atom is 0.407 e. The van der Waals surface area contributed by atoms with Crippen molar-refractivity contribution in [3.8, 4) is 0 Å². The Morgan fingerprint density at radius 2 is 1.77 bits per heavy atom. The minimum Gasteiger partial charge on any atom is -0.444 e. The number of alkyl carbamates (subject to hydrolysis) is 1. The van der Waals surface area contributed by atoms with Crippen molar-refractivity contribution >= 4 is 36.0 Å². The van der Waals surface area contributed by atoms with Gasteiger partial charge in [0.25, 0.3) is 0 Å². The van der Waals surface area contributed by atoms with Crippen LogP contribution in [0.15, 0.2) is 4.99 Å². The molecule has 3 N–H and O–H groups in total. The monoisotopic (exact) mass is 430 g/mol. The SMILES string of the molecule is CCNC(=NCCCOC)NCCNC(=O)OC(C)(C)C.I. The molecule has 8 heteroatoms. The summed E-state index contributed by atoms with van der Waals surface area (Å²) in [5, 5.41) is 8.97. The first-order valence-electron chi connectivity index (χ1n) is 7.37. The van der Waals surface area contributed by atoms with Gasteiger partial charge in [0.05, 0.1) is 0 Å². The van der Waals surface area contributed by atoms with Gasteiger partial charge in [-0.3, -0.25) is 4.99 Å². The first-order valence-corrected chi connectivity index (χ1v) is 7.37. The molecular weight excluding hydrogens is 399 g/mol. The van der Waals surface area contributed by atoms with Gasteiger partial charge in [-0.2, -0.15) is 0 Å². The second-order valence-electron chi connectivity index (χ2n) is 5.46. The van der Waals surface area contributed by atoms with E-state index >= 15 is 0 Å². The normalized spacial score (nSPS) is 11.4. The lowest BCUT2D eigenvalue weighted by atomic mass is 10.2. The molecule has 0 fully saturated rings. The van der Waals surface area contributed by atoms with Crippen LogP contribution in [-0.4, -0.2) is 57.5 Å². The third-order valence-corrected chi connectivity index (χ3v) is 2.21. The average molecular weight is 430 g/mol. The molecule has 0 bridgehead atoms. The van der Waals surface area contributed by atoms with Crippen LogP contribution in [0.2, 0.25) is 0 Å². The van der Waals surface area contributed by atoms with Crippen LogP contribution < -0.4 is 16.0 Å². The van der Waals surface area contributed by atoms with Crippen LogP contribution >= 0.6 is 24.0 Å². The maximum atomic E-state index is 11.5. The summed E-state index contributed by atoms with van der Waals surface area (Å²) in [6.07, 6.45) is 0.467. The fourth-order valence-electron chi connectivity index (χ4n) is 1.40. The number of ether oxygens (including phenoxy) is 2. The van der Waals surface area contributed by atoms with Crippen molar-refractivity contribution in [3.63, 3.8) is 0 Å². The summed E-state index contributed by atoms with van der Waals surface area (Å²) in [5.74, 6) is 0.736. The van der Waals surface area contributed by atoms with Crippen LogP contribution in [0.1, 0.15) is 34.1 Å². The number of hydrogen-bond donors (Lipinski definition) is 3. The molecule has 0 saturated heterocycles. The number of carbonyl (C=O) groups is 1. The van der Waals surface area contributed by atoms with Gasteiger partial charge in [-0.25, -0.2) is 4.79 Å². The van der Waals surface area contributed by atoms with Crippen LogP contribution in [0.25, 0.3) is 0 Å². The van der Waals surface area contributed by atoms with E-state index in [2.05, 4.69) is 20.9 Å². The number of nitrogens with zero attached hydrogens (tertiary/aromatic N) is 1. The molecule has 7 nitrogen and oxygen atoms in total. The Kier molecular flexibility index (Phi) is 14.8. The van der Waals surface area contributed by atoms with E-state index in [4.69, 9.17) is 9.47 Å². The summed E-state index contributed by atoms with van der Waals surface area (Å²) in [4.78, 5) is 15.8. The standard InChI is InChI=1S/C14H30N4O3.HI/c1-6-15-12(16-8-7-11-20-5)17-9-10-18-13(19)21-14(2,3)4;/h6-11H2,1-5H3,(H,18,19)(H2,15,16,17);1H. The minimum absolute atomic E-state index is 0. The number of halogens is 1. The number of hydrogen-bond acceptors (Lipinski definition) is 4. The summed E-state index contributed by atoms with van der Waals surface area (Å²) in [7, 11) is 1.68. The van der Waals surface area contributed by atoms with E-state index in [1.807, 2.05) is 27.7 Å². The van der Waals surface area contributed by atoms with E-state index in [0.717, 1.165) is 18.9 Å². The predicted octanol–water partition coefficient (Wildman–Crippen LogP) is 1.72. The zero-order valence-corrected chi connectivity index (χ0v) is 16.7. The third kappa shape index (κ3) is 15.6. The van der Waals surface area contributed by atoms with Gasteiger partial charge in [-0.15, -0.1) is 24.0 Å². The second kappa shape index (κ2) is 13.9. The molecule has 0 atom stereocenters. The van der Waals surface area contributed by atoms with Gasteiger partial charge in [0, 0.05) is 39.9 Å². The molecule has 22 heavy (non-hydrogen) atoms. The van der Waals surface area contributed by atoms with Crippen molar-refractivity contribution in [1.82, 2.24) is 16.0 Å². The first kappa shape index (κ1) is 23.5. The maximum absolute atomic E-state index is 11.5. The molecule has 1 amide bonds. The summed E-state index contributed by atoms with van der Waals surface area (Å²) in [6, 6.07) is 0. The largest absolute Gasteiger partial charge is 0.444 e. The highest BCUT2D eigenvalue weighted by atomic mass is 127. The number of guanidine groups is 1. The Morgan fingerprint density at radius 3 is 2.32 bits per heavy atom. The van der Waals surface area contributed by atoms with Gasteiger partial charge in [-0.05, 0) is 34.1 Å². The van der Waals surface area contributed by atoms with Gasteiger partial charge >= 0.3 is 6.09 Å². The molecule has 0 saturated carbocycles. The minimum atomic E-state index is -0.477. The first-order chi connectivity index (χ1) is 9.89. The summed E-state index contributed by atoms with van der Waals surface area (Å²) >= 11 is 0. The van der Waals surface area contributed by atoms with E-state index in [0.29, 0.717) is 26.2 Å². The fourth-order valence-corrected chi connectivity index (χ4v) is 1.40. The zero-order valence-electron chi connectivity index (χ0n) is 14.3. The number of aliphatic imine (C=N–C) groups is 1. The Balaban J connectivity index is 0. The van der Waals surface area contributed by atoms with Crippen LogP contribution in [-0.2, 0) is 9.47 Å². The molecule has 0 heterocycles. The van der Waals surface area contributed by atoms with E-state index in [9.17, 15) is 4.79 Å². The quantitative estimate of drug-likeness (QED) is 0.236. The molecule has 132 valence electrons. The van der Waals surface area contributed by atoms with E-state index in [1.54, 1.807) is 7.11 Å². The van der Waals surface area contributed by atoms with Gasteiger partial charge in [0.15, 0.2) is 5.96 Å². The van der Waals surface area contributed by atoms with Crippen molar-refractivity contribution in [1.29, 1.82) is 0 Å². The fraction of sp³-hybridized carbons (Fsp3) is 0.857. The van der Waals surface area contributed by atoms with Gasteiger partial charge in [0.1, 0.15) is 5.60 Å². The van der Waals surface area contributed by atoms with Crippen LogP contribution in [0.4, 0.5) is 4.79 Å². The summed E-state index contributed by atoms with van der Waals surface area (Å²) in [6.45, 7) is 10.7. The molecule has 0 rings (SSSR count). The molecule has 0 aromatic carbocycles. The van der Waals surface area contributed by atoms with Crippen molar-refractivity contribution in [2.45, 2.75) is 39.7 Å². The zero-order chi connectivity index (χ0) is 16.1. The second-order valence-corrected chi connectivity index (χ2v) is 5.46. The van der Waals surface area contributed by atoms with Crippen molar-refractivity contribution in [3.05, 3.63) is 0 Å². The lowest BCUT2D eigenvalue weighted by molar-refractivity contribution is 0.0529. The number of nitrogens with one attached hydrogen (secondary N) is 3. The van der Waals surface area contributed by atoms with Gasteiger partial charge in [0.2, 0.25) is 0 Å². The molecule has 0 unspecified atom stereocenters. The number of methoxy groups -OCH3 is 1. The lowest BCUT2D eigenvalue weighted by Gasteiger charge is -2.19. The van der Waals surface area contributed by atoms with Crippen molar-refractivity contribution in [2.75, 3.05) is 39.9 Å². The van der Waals surface area contributed by atoms with Gasteiger partial charge < -0.3 is 25.4 Å². The Bertz CT molecular complexity index is 320. The number of carbonyl (C=O) groups excluding carboxylic acids is 1. The molecule has 0 aliphatic heterocycles. The molecule has 0 spiro atoms. The Hall–Kier alpha value is -0.770. The molecule has 0 aromatic heterocycles. The van der Waals surface area contributed by atoms with E-state index < -0.39 is 11.7 Å². The van der Waals surface area contributed by atoms with E-state index in [1.165, 1.54) is 0 Å². The molecule has 0 aromatic rings. The van der Waals surface area contributed by atoms with Crippen LogP contribution in [0, 0.1) is 0 Å².